The molecule has 2 heterocycles. The van der Waals surface area contributed by atoms with E-state index in [0.717, 1.165) is 17.7 Å². The van der Waals surface area contributed by atoms with Crippen molar-refractivity contribution >= 4 is 28.2 Å². The number of benzene rings is 2. The SMILES string of the molecule is CC1Cc2ccccc2N1C(=O)COc1ncnc2cc([N+](=O)[O-])ccc12. The van der Waals surface area contributed by atoms with Gasteiger partial charge in [-0.1, -0.05) is 18.2 Å². The number of rotatable bonds is 4. The predicted octanol–water partition coefficient (Wildman–Crippen LogP) is 2.89. The molecule has 8 nitrogen and oxygen atoms in total. The Labute approximate surface area is 154 Å². The van der Waals surface area contributed by atoms with E-state index in [1.54, 1.807) is 4.90 Å². The van der Waals surface area contributed by atoms with E-state index in [0.29, 0.717) is 10.9 Å². The molecule has 0 aliphatic carbocycles. The largest absolute Gasteiger partial charge is 0.467 e. The lowest BCUT2D eigenvalue weighted by Crippen LogP contribution is -2.39. The molecule has 0 saturated heterocycles. The molecule has 27 heavy (non-hydrogen) atoms. The van der Waals surface area contributed by atoms with Crippen LogP contribution in [0.4, 0.5) is 11.4 Å². The Balaban J connectivity index is 1.55. The molecule has 3 aromatic rings. The molecule has 1 amide bonds. The summed E-state index contributed by atoms with van der Waals surface area (Å²) in [4.78, 5) is 33.0. The number of carbonyl (C=O) groups excluding carboxylic acids is 1. The second-order valence-electron chi connectivity index (χ2n) is 6.37. The molecule has 8 heteroatoms. The van der Waals surface area contributed by atoms with Crippen molar-refractivity contribution in [2.75, 3.05) is 11.5 Å². The van der Waals surface area contributed by atoms with E-state index in [9.17, 15) is 14.9 Å². The molecule has 1 unspecified atom stereocenters. The first-order chi connectivity index (χ1) is 13.0. The van der Waals surface area contributed by atoms with Crippen LogP contribution in [0.25, 0.3) is 10.9 Å². The van der Waals surface area contributed by atoms with Gasteiger partial charge in [0.05, 0.1) is 15.8 Å². The van der Waals surface area contributed by atoms with Gasteiger partial charge in [-0.3, -0.25) is 14.9 Å². The Kier molecular flexibility index (Phi) is 4.15. The van der Waals surface area contributed by atoms with Gasteiger partial charge in [-0.15, -0.1) is 0 Å². The number of aromatic nitrogens is 2. The standard InChI is InChI=1S/C19H16N4O4/c1-12-8-13-4-2-3-5-17(13)22(12)18(24)10-27-19-15-7-6-14(23(25)26)9-16(15)20-11-21-19/h2-7,9,11-12H,8,10H2,1H3. The van der Waals surface area contributed by atoms with Crippen molar-refractivity contribution in [1.29, 1.82) is 0 Å². The Morgan fingerprint density at radius 2 is 2.11 bits per heavy atom. The van der Waals surface area contributed by atoms with Crippen molar-refractivity contribution in [2.24, 2.45) is 0 Å². The Morgan fingerprint density at radius 3 is 2.93 bits per heavy atom. The molecular weight excluding hydrogens is 348 g/mol. The van der Waals surface area contributed by atoms with Gasteiger partial charge < -0.3 is 9.64 Å². The lowest BCUT2D eigenvalue weighted by atomic mass is 10.1. The fourth-order valence-corrected chi connectivity index (χ4v) is 3.39. The van der Waals surface area contributed by atoms with Gasteiger partial charge >= 0.3 is 0 Å². The van der Waals surface area contributed by atoms with Crippen LogP contribution in [0, 0.1) is 10.1 Å². The van der Waals surface area contributed by atoms with Gasteiger partial charge in [0.2, 0.25) is 5.88 Å². The lowest BCUT2D eigenvalue weighted by Gasteiger charge is -2.22. The smallest absolute Gasteiger partial charge is 0.271 e. The number of non-ortho nitro benzene ring substituents is 1. The molecule has 136 valence electrons. The summed E-state index contributed by atoms with van der Waals surface area (Å²) >= 11 is 0. The number of ether oxygens (including phenoxy) is 1. The lowest BCUT2D eigenvalue weighted by molar-refractivity contribution is -0.384. The quantitative estimate of drug-likeness (QED) is 0.521. The third kappa shape index (κ3) is 3.05. The van der Waals surface area contributed by atoms with E-state index < -0.39 is 4.92 Å². The van der Waals surface area contributed by atoms with Gasteiger partial charge in [-0.05, 0) is 31.0 Å². The minimum atomic E-state index is -0.488. The van der Waals surface area contributed by atoms with Crippen LogP contribution in [-0.2, 0) is 11.2 Å². The number of nitrogens with zero attached hydrogens (tertiary/aromatic N) is 4. The normalized spacial score (nSPS) is 15.6. The molecular formula is C19H16N4O4. The number of carbonyl (C=O) groups is 1. The minimum absolute atomic E-state index is 0.0586. The monoisotopic (exact) mass is 364 g/mol. The number of amides is 1. The summed E-state index contributed by atoms with van der Waals surface area (Å²) in [5.74, 6) is 0.0597. The van der Waals surface area contributed by atoms with Crippen molar-refractivity contribution < 1.29 is 14.5 Å². The molecule has 2 aromatic carbocycles. The van der Waals surface area contributed by atoms with E-state index in [2.05, 4.69) is 9.97 Å². The summed E-state index contributed by atoms with van der Waals surface area (Å²) in [7, 11) is 0. The highest BCUT2D eigenvalue weighted by atomic mass is 16.6. The zero-order valence-electron chi connectivity index (χ0n) is 14.5. The highest BCUT2D eigenvalue weighted by Crippen LogP contribution is 2.32. The zero-order valence-corrected chi connectivity index (χ0v) is 14.5. The number of nitro groups is 1. The van der Waals surface area contributed by atoms with Crippen LogP contribution in [0.5, 0.6) is 5.88 Å². The summed E-state index contributed by atoms with van der Waals surface area (Å²) < 4.78 is 5.65. The maximum absolute atomic E-state index is 12.7. The van der Waals surface area contributed by atoms with E-state index in [1.165, 1.54) is 24.5 Å². The van der Waals surface area contributed by atoms with E-state index in [4.69, 9.17) is 4.74 Å². The molecule has 1 aromatic heterocycles. The van der Waals surface area contributed by atoms with Gasteiger partial charge in [0.15, 0.2) is 6.61 Å². The first kappa shape index (κ1) is 16.9. The highest BCUT2D eigenvalue weighted by molar-refractivity contribution is 5.97. The highest BCUT2D eigenvalue weighted by Gasteiger charge is 2.30. The Hall–Kier alpha value is -3.55. The van der Waals surface area contributed by atoms with Crippen molar-refractivity contribution in [1.82, 2.24) is 9.97 Å². The number of nitro benzene ring substituents is 1. The first-order valence-corrected chi connectivity index (χ1v) is 8.46. The van der Waals surface area contributed by atoms with Crippen molar-refractivity contribution in [3.8, 4) is 5.88 Å². The summed E-state index contributed by atoms with van der Waals surface area (Å²) in [6, 6.07) is 12.1. The summed E-state index contributed by atoms with van der Waals surface area (Å²) in [5.41, 5.74) is 2.37. The molecule has 0 saturated carbocycles. The van der Waals surface area contributed by atoms with Gasteiger partial charge in [0.25, 0.3) is 11.6 Å². The van der Waals surface area contributed by atoms with Crippen LogP contribution in [0.2, 0.25) is 0 Å². The van der Waals surface area contributed by atoms with E-state index in [-0.39, 0.29) is 30.1 Å². The molecule has 0 spiro atoms. The van der Waals surface area contributed by atoms with Crippen LogP contribution in [0.1, 0.15) is 12.5 Å². The molecule has 1 aliphatic heterocycles. The van der Waals surface area contributed by atoms with Gasteiger partial charge in [-0.25, -0.2) is 9.97 Å². The molecule has 0 radical (unpaired) electrons. The van der Waals surface area contributed by atoms with E-state index >= 15 is 0 Å². The van der Waals surface area contributed by atoms with Crippen LogP contribution >= 0.6 is 0 Å². The predicted molar refractivity (Wildman–Crippen MR) is 98.8 cm³/mol. The molecule has 0 bridgehead atoms. The number of fused-ring (bicyclic) bond motifs is 2. The van der Waals surface area contributed by atoms with Crippen LogP contribution < -0.4 is 9.64 Å². The van der Waals surface area contributed by atoms with Crippen molar-refractivity contribution in [2.45, 2.75) is 19.4 Å². The Bertz CT molecular complexity index is 1050. The number of hydrogen-bond acceptors (Lipinski definition) is 6. The Morgan fingerprint density at radius 1 is 1.30 bits per heavy atom. The van der Waals surface area contributed by atoms with Crippen LogP contribution in [-0.4, -0.2) is 33.4 Å². The van der Waals surface area contributed by atoms with Gasteiger partial charge in [0.1, 0.15) is 6.33 Å². The third-order valence-corrected chi connectivity index (χ3v) is 4.60. The van der Waals surface area contributed by atoms with Crippen LogP contribution in [0.15, 0.2) is 48.8 Å². The fourth-order valence-electron chi connectivity index (χ4n) is 3.39. The average Bonchev–Trinajstić information content (AvgIpc) is 3.01. The van der Waals surface area contributed by atoms with Gasteiger partial charge in [0, 0.05) is 23.9 Å². The second kappa shape index (κ2) is 6.64. The molecule has 0 N–H and O–H groups in total. The van der Waals surface area contributed by atoms with E-state index in [1.807, 2.05) is 31.2 Å². The van der Waals surface area contributed by atoms with Gasteiger partial charge in [-0.2, -0.15) is 0 Å². The van der Waals surface area contributed by atoms with Crippen molar-refractivity contribution in [3.05, 3.63) is 64.5 Å². The maximum atomic E-state index is 12.7. The second-order valence-corrected chi connectivity index (χ2v) is 6.37. The fraction of sp³-hybridized carbons (Fsp3) is 0.211. The molecule has 4 rings (SSSR count). The number of anilines is 1. The minimum Gasteiger partial charge on any atom is -0.467 e. The topological polar surface area (TPSA) is 98.5 Å². The summed E-state index contributed by atoms with van der Waals surface area (Å²) in [6.07, 6.45) is 2.07. The maximum Gasteiger partial charge on any atom is 0.271 e. The summed E-state index contributed by atoms with van der Waals surface area (Å²) in [6.45, 7) is 1.82. The average molecular weight is 364 g/mol. The van der Waals surface area contributed by atoms with Crippen LogP contribution in [0.3, 0.4) is 0 Å². The molecule has 0 fully saturated rings. The molecule has 1 aliphatic rings. The summed E-state index contributed by atoms with van der Waals surface area (Å²) in [5, 5.41) is 11.4. The molecule has 1 atom stereocenters. The number of hydrogen-bond donors (Lipinski definition) is 0. The number of para-hydroxylation sites is 1. The first-order valence-electron chi connectivity index (χ1n) is 8.46. The van der Waals surface area contributed by atoms with Crippen molar-refractivity contribution in [3.63, 3.8) is 0 Å². The zero-order chi connectivity index (χ0) is 19.0. The third-order valence-electron chi connectivity index (χ3n) is 4.60.